The van der Waals surface area contributed by atoms with Gasteiger partial charge in [0.05, 0.1) is 18.2 Å². The Hall–Kier alpha value is -1.31. The predicted octanol–water partition coefficient (Wildman–Crippen LogP) is 3.30. The molecular weight excluding hydrogens is 345 g/mol. The van der Waals surface area contributed by atoms with Crippen molar-refractivity contribution in [1.82, 2.24) is 5.32 Å². The highest BCUT2D eigenvalue weighted by atomic mass is 35.5. The number of methoxy groups -OCH3 is 1. The first-order valence-corrected chi connectivity index (χ1v) is 7.19. The Morgan fingerprint density at radius 3 is 2.33 bits per heavy atom. The quantitative estimate of drug-likeness (QED) is 0.838. The number of nitrogens with one attached hydrogen (secondary N) is 1. The van der Waals surface area contributed by atoms with Gasteiger partial charge in [0.15, 0.2) is 0 Å². The molecule has 1 rings (SSSR count). The van der Waals surface area contributed by atoms with E-state index in [9.17, 15) is 18.0 Å². The van der Waals surface area contributed by atoms with Crippen LogP contribution in [0.4, 0.5) is 13.2 Å². The summed E-state index contributed by atoms with van der Waals surface area (Å²) in [7, 11) is 1.42. The van der Waals surface area contributed by atoms with E-state index in [4.69, 9.17) is 10.5 Å². The van der Waals surface area contributed by atoms with Crippen LogP contribution in [0.5, 0.6) is 0 Å². The van der Waals surface area contributed by atoms with Gasteiger partial charge in [0.1, 0.15) is 6.04 Å². The molecule has 0 heterocycles. The van der Waals surface area contributed by atoms with Crippen LogP contribution in [0.25, 0.3) is 0 Å². The van der Waals surface area contributed by atoms with Gasteiger partial charge in [-0.1, -0.05) is 32.9 Å². The molecular formula is C16H24ClF3N2O2. The summed E-state index contributed by atoms with van der Waals surface area (Å²) in [4.78, 5) is 12.1. The van der Waals surface area contributed by atoms with Gasteiger partial charge in [0.2, 0.25) is 5.91 Å². The van der Waals surface area contributed by atoms with Crippen LogP contribution < -0.4 is 11.1 Å². The molecule has 0 fully saturated rings. The van der Waals surface area contributed by atoms with Crippen LogP contribution in [0.2, 0.25) is 0 Å². The molecule has 0 saturated heterocycles. The van der Waals surface area contributed by atoms with Crippen molar-refractivity contribution >= 4 is 18.3 Å². The number of benzene rings is 1. The molecule has 0 saturated carbocycles. The van der Waals surface area contributed by atoms with Gasteiger partial charge in [-0.05, 0) is 23.1 Å². The second-order valence-electron chi connectivity index (χ2n) is 6.49. The molecule has 2 unspecified atom stereocenters. The molecule has 0 aliphatic carbocycles. The van der Waals surface area contributed by atoms with Crippen molar-refractivity contribution in [3.8, 4) is 0 Å². The molecule has 1 amide bonds. The molecule has 24 heavy (non-hydrogen) atoms. The summed E-state index contributed by atoms with van der Waals surface area (Å²) in [6.45, 7) is 5.53. The van der Waals surface area contributed by atoms with Crippen LogP contribution in [0.3, 0.4) is 0 Å². The van der Waals surface area contributed by atoms with Crippen LogP contribution in [-0.2, 0) is 15.7 Å². The average molecular weight is 369 g/mol. The Kier molecular flexibility index (Phi) is 8.21. The maximum Gasteiger partial charge on any atom is 0.416 e. The molecule has 8 heteroatoms. The lowest BCUT2D eigenvalue weighted by atomic mass is 9.81. The third kappa shape index (κ3) is 6.30. The van der Waals surface area contributed by atoms with E-state index in [1.807, 2.05) is 20.8 Å². The number of alkyl halides is 3. The molecule has 0 bridgehead atoms. The number of hydrogen-bond acceptors (Lipinski definition) is 3. The summed E-state index contributed by atoms with van der Waals surface area (Å²) in [6, 6.07) is 3.46. The van der Waals surface area contributed by atoms with Crippen molar-refractivity contribution in [1.29, 1.82) is 0 Å². The van der Waals surface area contributed by atoms with Crippen molar-refractivity contribution in [2.75, 3.05) is 13.7 Å². The molecule has 0 aliphatic rings. The smallest absolute Gasteiger partial charge is 0.383 e. The van der Waals surface area contributed by atoms with E-state index in [0.717, 1.165) is 12.1 Å². The molecule has 0 aliphatic heterocycles. The molecule has 138 valence electrons. The number of carbonyl (C=O) groups excluding carboxylic acids is 1. The zero-order valence-electron chi connectivity index (χ0n) is 14.1. The van der Waals surface area contributed by atoms with Crippen LogP contribution in [-0.4, -0.2) is 25.7 Å². The lowest BCUT2D eigenvalue weighted by Gasteiger charge is -2.33. The number of hydrogen-bond donors (Lipinski definition) is 2. The highest BCUT2D eigenvalue weighted by Gasteiger charge is 2.34. The normalized spacial score (nSPS) is 14.5. The van der Waals surface area contributed by atoms with E-state index in [1.54, 1.807) is 6.07 Å². The Balaban J connectivity index is 0.00000529. The first kappa shape index (κ1) is 22.7. The minimum absolute atomic E-state index is 0. The molecule has 0 spiro atoms. The summed E-state index contributed by atoms with van der Waals surface area (Å²) in [5.74, 6) is -0.468. The van der Waals surface area contributed by atoms with Gasteiger partial charge in [-0.15, -0.1) is 12.4 Å². The molecule has 4 nitrogen and oxygen atoms in total. The Labute approximate surface area is 146 Å². The van der Waals surface area contributed by atoms with Gasteiger partial charge < -0.3 is 15.8 Å². The number of rotatable bonds is 5. The zero-order chi connectivity index (χ0) is 17.8. The number of ether oxygens (including phenoxy) is 1. The topological polar surface area (TPSA) is 64.3 Å². The largest absolute Gasteiger partial charge is 0.416 e. The van der Waals surface area contributed by atoms with E-state index in [-0.39, 0.29) is 19.0 Å². The first-order valence-electron chi connectivity index (χ1n) is 7.19. The van der Waals surface area contributed by atoms with Gasteiger partial charge in [0, 0.05) is 7.11 Å². The summed E-state index contributed by atoms with van der Waals surface area (Å²) in [6.07, 6.45) is -4.44. The molecule has 0 radical (unpaired) electrons. The summed E-state index contributed by atoms with van der Waals surface area (Å²) in [5.41, 5.74) is 4.82. The molecule has 1 aromatic rings. The minimum atomic E-state index is -4.44. The second-order valence-corrected chi connectivity index (χ2v) is 6.49. The van der Waals surface area contributed by atoms with E-state index in [1.165, 1.54) is 13.2 Å². The molecule has 2 atom stereocenters. The Morgan fingerprint density at radius 2 is 1.88 bits per heavy atom. The number of amides is 1. The fourth-order valence-corrected chi connectivity index (χ4v) is 2.20. The van der Waals surface area contributed by atoms with Gasteiger partial charge in [-0.25, -0.2) is 0 Å². The van der Waals surface area contributed by atoms with Crippen molar-refractivity contribution in [3.63, 3.8) is 0 Å². The minimum Gasteiger partial charge on any atom is -0.383 e. The van der Waals surface area contributed by atoms with Crippen molar-refractivity contribution in [3.05, 3.63) is 35.4 Å². The highest BCUT2D eigenvalue weighted by molar-refractivity contribution is 5.85. The van der Waals surface area contributed by atoms with E-state index < -0.39 is 35.1 Å². The highest BCUT2D eigenvalue weighted by Crippen LogP contribution is 2.36. The van der Waals surface area contributed by atoms with Gasteiger partial charge in [0.25, 0.3) is 0 Å². The fraction of sp³-hybridized carbons (Fsp3) is 0.562. The van der Waals surface area contributed by atoms with Crippen LogP contribution in [0.1, 0.15) is 37.9 Å². The standard InChI is InChI=1S/C16H23F3N2O2.ClH/c1-15(2,3)13(21-14(22)12(20)9-23-4)10-6-5-7-11(8-10)16(17,18)19;/h5-8,12-13H,9,20H2,1-4H3,(H,21,22);1H. The average Bonchev–Trinajstić information content (AvgIpc) is 2.42. The van der Waals surface area contributed by atoms with Gasteiger partial charge >= 0.3 is 6.18 Å². The Bertz CT molecular complexity index is 545. The summed E-state index contributed by atoms with van der Waals surface area (Å²) in [5, 5.41) is 2.73. The van der Waals surface area contributed by atoms with Crippen molar-refractivity contribution in [2.24, 2.45) is 11.1 Å². The lowest BCUT2D eigenvalue weighted by Crippen LogP contribution is -2.47. The second kappa shape index (κ2) is 8.69. The monoisotopic (exact) mass is 368 g/mol. The SMILES string of the molecule is COCC(N)C(=O)NC(c1cccc(C(F)(F)F)c1)C(C)(C)C.Cl. The van der Waals surface area contributed by atoms with Gasteiger partial charge in [-0.2, -0.15) is 13.2 Å². The van der Waals surface area contributed by atoms with E-state index in [2.05, 4.69) is 5.32 Å². The van der Waals surface area contributed by atoms with Crippen LogP contribution in [0, 0.1) is 5.41 Å². The maximum absolute atomic E-state index is 12.9. The number of carbonyl (C=O) groups is 1. The Morgan fingerprint density at radius 1 is 1.29 bits per heavy atom. The predicted molar refractivity (Wildman–Crippen MR) is 88.9 cm³/mol. The van der Waals surface area contributed by atoms with Crippen LogP contribution >= 0.6 is 12.4 Å². The number of nitrogens with two attached hydrogens (primary N) is 1. The van der Waals surface area contributed by atoms with Crippen molar-refractivity contribution in [2.45, 2.75) is 39.0 Å². The van der Waals surface area contributed by atoms with Crippen molar-refractivity contribution < 1.29 is 22.7 Å². The summed E-state index contributed by atoms with van der Waals surface area (Å²) >= 11 is 0. The molecule has 1 aromatic carbocycles. The van der Waals surface area contributed by atoms with E-state index >= 15 is 0 Å². The maximum atomic E-state index is 12.9. The fourth-order valence-electron chi connectivity index (χ4n) is 2.20. The van der Waals surface area contributed by atoms with E-state index in [0.29, 0.717) is 5.56 Å². The molecule has 0 aromatic heterocycles. The number of halogens is 4. The lowest BCUT2D eigenvalue weighted by molar-refractivity contribution is -0.137. The van der Waals surface area contributed by atoms with Gasteiger partial charge in [-0.3, -0.25) is 4.79 Å². The third-order valence-corrected chi connectivity index (χ3v) is 3.38. The third-order valence-electron chi connectivity index (χ3n) is 3.38. The first-order chi connectivity index (χ1) is 10.5. The zero-order valence-corrected chi connectivity index (χ0v) is 14.9. The summed E-state index contributed by atoms with van der Waals surface area (Å²) < 4.78 is 43.5. The van der Waals surface area contributed by atoms with Crippen LogP contribution in [0.15, 0.2) is 24.3 Å². The molecule has 3 N–H and O–H groups in total.